The minimum Gasteiger partial charge on any atom is -0.481 e. The Hall–Kier alpha value is -0.290. The summed E-state index contributed by atoms with van der Waals surface area (Å²) in [7, 11) is 0. The van der Waals surface area contributed by atoms with E-state index >= 15 is 0 Å². The predicted molar refractivity (Wildman–Crippen MR) is 83.3 cm³/mol. The highest BCUT2D eigenvalue weighted by Crippen LogP contribution is 2.09. The Morgan fingerprint density at radius 3 is 2.06 bits per heavy atom. The standard InChI is InChI=1S/C13H25NO2S2/c1-18-13(17)14-11-9-7-5-3-2-4-6-8-10-12(15)16/h2-11H2,1H3,(H,14,17)(H,15,16). The van der Waals surface area contributed by atoms with Crippen LogP contribution in [0.2, 0.25) is 0 Å². The Kier molecular flexibility index (Phi) is 12.9. The average Bonchev–Trinajstić information content (AvgIpc) is 2.35. The number of rotatable bonds is 11. The van der Waals surface area contributed by atoms with Crippen molar-refractivity contribution in [1.82, 2.24) is 5.32 Å². The molecule has 18 heavy (non-hydrogen) atoms. The van der Waals surface area contributed by atoms with Crippen LogP contribution in [0.15, 0.2) is 0 Å². The van der Waals surface area contributed by atoms with E-state index in [2.05, 4.69) is 5.32 Å². The maximum atomic E-state index is 10.3. The number of carboxylic acids is 1. The molecule has 0 aliphatic rings. The summed E-state index contributed by atoms with van der Waals surface area (Å²) < 4.78 is 0.883. The van der Waals surface area contributed by atoms with E-state index in [4.69, 9.17) is 17.3 Å². The van der Waals surface area contributed by atoms with Gasteiger partial charge < -0.3 is 10.4 Å². The second kappa shape index (κ2) is 13.1. The molecule has 0 aromatic carbocycles. The summed E-state index contributed by atoms with van der Waals surface area (Å²) >= 11 is 6.63. The molecule has 0 aliphatic carbocycles. The van der Waals surface area contributed by atoms with Gasteiger partial charge in [0.25, 0.3) is 0 Å². The van der Waals surface area contributed by atoms with Gasteiger partial charge in [0, 0.05) is 13.0 Å². The van der Waals surface area contributed by atoms with Crippen molar-refractivity contribution in [2.24, 2.45) is 0 Å². The molecule has 0 amide bonds. The molecule has 0 saturated heterocycles. The van der Waals surface area contributed by atoms with Gasteiger partial charge in [0.2, 0.25) is 0 Å². The lowest BCUT2D eigenvalue weighted by molar-refractivity contribution is -0.137. The van der Waals surface area contributed by atoms with Gasteiger partial charge in [0.1, 0.15) is 4.32 Å². The number of hydrogen-bond acceptors (Lipinski definition) is 3. The van der Waals surface area contributed by atoms with Gasteiger partial charge in [0.05, 0.1) is 0 Å². The Morgan fingerprint density at radius 1 is 1.06 bits per heavy atom. The van der Waals surface area contributed by atoms with Crippen molar-refractivity contribution in [3.05, 3.63) is 0 Å². The summed E-state index contributed by atoms with van der Waals surface area (Å²) in [6, 6.07) is 0. The molecule has 0 fully saturated rings. The molecule has 0 aromatic rings. The van der Waals surface area contributed by atoms with Gasteiger partial charge in [0.15, 0.2) is 0 Å². The number of thiocarbonyl (C=S) groups is 1. The number of nitrogens with one attached hydrogen (secondary N) is 1. The molecular formula is C13H25NO2S2. The van der Waals surface area contributed by atoms with E-state index in [1.807, 2.05) is 6.26 Å². The zero-order chi connectivity index (χ0) is 13.6. The molecule has 0 radical (unpaired) electrons. The van der Waals surface area contributed by atoms with Crippen LogP contribution < -0.4 is 5.32 Å². The first-order chi connectivity index (χ1) is 8.66. The molecule has 0 spiro atoms. The summed E-state index contributed by atoms with van der Waals surface area (Å²) in [5.41, 5.74) is 0. The van der Waals surface area contributed by atoms with E-state index in [1.54, 1.807) is 11.8 Å². The normalized spacial score (nSPS) is 10.3. The summed E-state index contributed by atoms with van der Waals surface area (Å²) in [6.45, 7) is 0.984. The minimum absolute atomic E-state index is 0.320. The summed E-state index contributed by atoms with van der Waals surface area (Å²) in [5, 5.41) is 11.7. The van der Waals surface area contributed by atoms with Gasteiger partial charge in [-0.05, 0) is 19.1 Å². The Morgan fingerprint density at radius 2 is 1.56 bits per heavy atom. The van der Waals surface area contributed by atoms with Crippen LogP contribution in [-0.2, 0) is 4.79 Å². The highest BCUT2D eigenvalue weighted by Gasteiger charge is 1.97. The lowest BCUT2D eigenvalue weighted by Crippen LogP contribution is -2.18. The first-order valence-corrected chi connectivity index (χ1v) is 8.33. The summed E-state index contributed by atoms with van der Waals surface area (Å²) in [5.74, 6) is -0.675. The van der Waals surface area contributed by atoms with Crippen LogP contribution in [0.3, 0.4) is 0 Å². The monoisotopic (exact) mass is 291 g/mol. The zero-order valence-electron chi connectivity index (χ0n) is 11.2. The number of aliphatic carboxylic acids is 1. The van der Waals surface area contributed by atoms with E-state index in [0.717, 1.165) is 23.7 Å². The van der Waals surface area contributed by atoms with Crippen LogP contribution in [-0.4, -0.2) is 28.2 Å². The molecule has 0 bridgehead atoms. The van der Waals surface area contributed by atoms with Gasteiger partial charge in [-0.25, -0.2) is 0 Å². The molecule has 0 heterocycles. The Bertz CT molecular complexity index is 235. The van der Waals surface area contributed by atoms with Crippen molar-refractivity contribution >= 4 is 34.3 Å². The molecule has 0 rings (SSSR count). The fourth-order valence-corrected chi connectivity index (χ4v) is 2.07. The molecule has 5 heteroatoms. The third kappa shape index (κ3) is 13.8. The van der Waals surface area contributed by atoms with Crippen molar-refractivity contribution in [2.45, 2.75) is 57.8 Å². The second-order valence-corrected chi connectivity index (χ2v) is 5.87. The minimum atomic E-state index is -0.675. The first kappa shape index (κ1) is 17.7. The number of unbranched alkanes of at least 4 members (excludes halogenated alkanes) is 7. The zero-order valence-corrected chi connectivity index (χ0v) is 12.9. The van der Waals surface area contributed by atoms with Crippen molar-refractivity contribution in [3.63, 3.8) is 0 Å². The molecule has 106 valence electrons. The smallest absolute Gasteiger partial charge is 0.303 e. The predicted octanol–water partition coefficient (Wildman–Crippen LogP) is 3.82. The van der Waals surface area contributed by atoms with E-state index in [0.29, 0.717) is 6.42 Å². The van der Waals surface area contributed by atoms with Crippen LogP contribution >= 0.6 is 24.0 Å². The van der Waals surface area contributed by atoms with Crippen molar-refractivity contribution in [3.8, 4) is 0 Å². The first-order valence-electron chi connectivity index (χ1n) is 6.70. The maximum Gasteiger partial charge on any atom is 0.303 e. The van der Waals surface area contributed by atoms with Crippen LogP contribution in [0.4, 0.5) is 0 Å². The van der Waals surface area contributed by atoms with Crippen LogP contribution in [0.5, 0.6) is 0 Å². The van der Waals surface area contributed by atoms with Gasteiger partial charge in [-0.3, -0.25) is 4.79 Å². The van der Waals surface area contributed by atoms with Gasteiger partial charge in [-0.15, -0.1) is 11.8 Å². The number of hydrogen-bond donors (Lipinski definition) is 2. The van der Waals surface area contributed by atoms with Gasteiger partial charge in [-0.1, -0.05) is 50.7 Å². The Balaban J connectivity index is 3.03. The Labute approximate surface area is 120 Å². The van der Waals surface area contributed by atoms with Crippen LogP contribution in [0, 0.1) is 0 Å². The molecule has 0 unspecified atom stereocenters. The molecule has 0 aromatic heterocycles. The van der Waals surface area contributed by atoms with Gasteiger partial charge >= 0.3 is 5.97 Å². The average molecular weight is 291 g/mol. The number of thioether (sulfide) groups is 1. The fourth-order valence-electron chi connectivity index (χ4n) is 1.72. The molecular weight excluding hydrogens is 266 g/mol. The van der Waals surface area contributed by atoms with E-state index in [1.165, 1.54) is 38.5 Å². The highest BCUT2D eigenvalue weighted by atomic mass is 32.2. The topological polar surface area (TPSA) is 49.3 Å². The van der Waals surface area contributed by atoms with Crippen molar-refractivity contribution in [1.29, 1.82) is 0 Å². The third-order valence-corrected chi connectivity index (χ3v) is 3.93. The van der Waals surface area contributed by atoms with Gasteiger partial charge in [-0.2, -0.15) is 0 Å². The molecule has 0 saturated carbocycles. The third-order valence-electron chi connectivity index (χ3n) is 2.77. The summed E-state index contributed by atoms with van der Waals surface area (Å²) in [6.07, 6.45) is 11.5. The van der Waals surface area contributed by atoms with Crippen molar-refractivity contribution < 1.29 is 9.90 Å². The molecule has 3 nitrogen and oxygen atoms in total. The molecule has 0 aliphatic heterocycles. The van der Waals surface area contributed by atoms with Crippen LogP contribution in [0.1, 0.15) is 57.8 Å². The largest absolute Gasteiger partial charge is 0.481 e. The van der Waals surface area contributed by atoms with E-state index < -0.39 is 5.97 Å². The SMILES string of the molecule is CSC(=S)NCCCCCCCCCCC(=O)O. The molecule has 2 N–H and O–H groups in total. The lowest BCUT2D eigenvalue weighted by Gasteiger charge is -2.05. The maximum absolute atomic E-state index is 10.3. The summed E-state index contributed by atoms with van der Waals surface area (Å²) in [4.78, 5) is 10.3. The quantitative estimate of drug-likeness (QED) is 0.448. The fraction of sp³-hybridized carbons (Fsp3) is 0.846. The van der Waals surface area contributed by atoms with Crippen LogP contribution in [0.25, 0.3) is 0 Å². The number of carboxylic acid groups (broad SMARTS) is 1. The van der Waals surface area contributed by atoms with E-state index in [-0.39, 0.29) is 0 Å². The molecule has 0 atom stereocenters. The highest BCUT2D eigenvalue weighted by molar-refractivity contribution is 8.22. The van der Waals surface area contributed by atoms with E-state index in [9.17, 15) is 4.79 Å². The number of carbonyl (C=O) groups is 1. The van der Waals surface area contributed by atoms with Crippen molar-refractivity contribution in [2.75, 3.05) is 12.8 Å². The second-order valence-electron chi connectivity index (χ2n) is 4.39. The lowest BCUT2D eigenvalue weighted by atomic mass is 10.1.